The summed E-state index contributed by atoms with van der Waals surface area (Å²) in [5.74, 6) is 2.55. The minimum absolute atomic E-state index is 0.616. The smallest absolute Gasteiger partial charge is 0.164 e. The molecular weight excluding hydrogens is 763 g/mol. The van der Waals surface area contributed by atoms with E-state index in [4.69, 9.17) is 24.9 Å². The van der Waals surface area contributed by atoms with E-state index in [0.29, 0.717) is 23.3 Å². The highest BCUT2D eigenvalue weighted by atomic mass is 32.1. The first-order chi connectivity index (χ1) is 30.2. The van der Waals surface area contributed by atoms with Gasteiger partial charge in [0.15, 0.2) is 23.3 Å². The molecule has 0 unspecified atom stereocenters. The molecule has 11 aromatic rings. The quantitative estimate of drug-likeness (QED) is 0.153. The van der Waals surface area contributed by atoms with Crippen molar-refractivity contribution in [1.29, 1.82) is 0 Å². The average Bonchev–Trinajstić information content (AvgIpc) is 3.73. The van der Waals surface area contributed by atoms with E-state index < -0.39 is 0 Å². The Morgan fingerprint density at radius 1 is 0.279 bits per heavy atom. The van der Waals surface area contributed by atoms with E-state index in [2.05, 4.69) is 115 Å². The van der Waals surface area contributed by atoms with Crippen molar-refractivity contribution in [2.75, 3.05) is 0 Å². The number of nitrogens with zero attached hydrogens (tertiary/aromatic N) is 5. The van der Waals surface area contributed by atoms with Crippen molar-refractivity contribution in [3.8, 4) is 90.3 Å². The van der Waals surface area contributed by atoms with Crippen LogP contribution in [0.15, 0.2) is 212 Å². The first kappa shape index (κ1) is 36.2. The SMILES string of the molecule is c1ccc(-c2cc(-c3ccccc3)nc(-c3cccc(-c4ccc5sc6ccccc6c5c4-c4cccc(-c5nc(-c6ccccc6)nc(-c6ccccc6)n5)c4)c3)n2)cc1. The summed E-state index contributed by atoms with van der Waals surface area (Å²) >= 11 is 1.82. The molecule has 0 radical (unpaired) electrons. The summed E-state index contributed by atoms with van der Waals surface area (Å²) in [5.41, 5.74) is 12.0. The molecule has 0 aliphatic rings. The Kier molecular flexibility index (Phi) is 9.30. The molecule has 3 aromatic heterocycles. The third kappa shape index (κ3) is 7.05. The molecule has 8 aromatic carbocycles. The Balaban J connectivity index is 1.10. The molecule has 61 heavy (non-hydrogen) atoms. The van der Waals surface area contributed by atoms with Gasteiger partial charge in [0, 0.05) is 53.6 Å². The summed E-state index contributed by atoms with van der Waals surface area (Å²) < 4.78 is 2.48. The van der Waals surface area contributed by atoms with Crippen LogP contribution in [0.3, 0.4) is 0 Å². The maximum absolute atomic E-state index is 5.17. The van der Waals surface area contributed by atoms with Gasteiger partial charge in [0.1, 0.15) is 0 Å². The van der Waals surface area contributed by atoms with Crippen molar-refractivity contribution in [3.63, 3.8) is 0 Å². The van der Waals surface area contributed by atoms with Crippen LogP contribution in [0.1, 0.15) is 0 Å². The molecule has 0 N–H and O–H groups in total. The highest BCUT2D eigenvalue weighted by molar-refractivity contribution is 7.26. The zero-order valence-electron chi connectivity index (χ0n) is 32.9. The van der Waals surface area contributed by atoms with Crippen LogP contribution in [0, 0.1) is 0 Å². The van der Waals surface area contributed by atoms with Gasteiger partial charge in [0.05, 0.1) is 11.4 Å². The molecule has 0 fully saturated rings. The van der Waals surface area contributed by atoms with Crippen molar-refractivity contribution in [3.05, 3.63) is 212 Å². The molecular formula is C55H35N5S. The van der Waals surface area contributed by atoms with E-state index in [1.165, 1.54) is 20.2 Å². The summed E-state index contributed by atoms with van der Waals surface area (Å²) in [6.07, 6.45) is 0. The average molecular weight is 798 g/mol. The highest BCUT2D eigenvalue weighted by Crippen LogP contribution is 2.46. The van der Waals surface area contributed by atoms with Crippen LogP contribution < -0.4 is 0 Å². The molecule has 6 heteroatoms. The Bertz CT molecular complexity index is 3230. The van der Waals surface area contributed by atoms with Crippen molar-refractivity contribution in [2.24, 2.45) is 0 Å². The van der Waals surface area contributed by atoms with Gasteiger partial charge < -0.3 is 0 Å². The van der Waals surface area contributed by atoms with E-state index in [1.807, 2.05) is 108 Å². The summed E-state index contributed by atoms with van der Waals surface area (Å²) in [6, 6.07) is 73.4. The number of hydrogen-bond donors (Lipinski definition) is 0. The van der Waals surface area contributed by atoms with Gasteiger partial charge in [-0.15, -0.1) is 11.3 Å². The molecule has 286 valence electrons. The van der Waals surface area contributed by atoms with Crippen LogP contribution in [0.25, 0.3) is 110 Å². The lowest BCUT2D eigenvalue weighted by molar-refractivity contribution is 1.07. The fraction of sp³-hybridized carbons (Fsp3) is 0. The summed E-state index contributed by atoms with van der Waals surface area (Å²) in [5, 5.41) is 2.45. The van der Waals surface area contributed by atoms with Crippen LogP contribution in [0.4, 0.5) is 0 Å². The molecule has 3 heterocycles. The van der Waals surface area contributed by atoms with E-state index in [1.54, 1.807) is 0 Å². The van der Waals surface area contributed by atoms with Gasteiger partial charge in [-0.2, -0.15) is 0 Å². The molecule has 0 atom stereocenters. The fourth-order valence-corrected chi connectivity index (χ4v) is 9.14. The van der Waals surface area contributed by atoms with E-state index in [0.717, 1.165) is 67.0 Å². The maximum atomic E-state index is 5.17. The second-order valence-corrected chi connectivity index (χ2v) is 15.9. The molecule has 0 aliphatic heterocycles. The van der Waals surface area contributed by atoms with Crippen LogP contribution in [-0.2, 0) is 0 Å². The number of hydrogen-bond acceptors (Lipinski definition) is 6. The van der Waals surface area contributed by atoms with Crippen LogP contribution in [0.5, 0.6) is 0 Å². The molecule has 0 saturated carbocycles. The van der Waals surface area contributed by atoms with Crippen molar-refractivity contribution in [2.45, 2.75) is 0 Å². The lowest BCUT2D eigenvalue weighted by atomic mass is 9.89. The van der Waals surface area contributed by atoms with E-state index in [-0.39, 0.29) is 0 Å². The van der Waals surface area contributed by atoms with Crippen molar-refractivity contribution < 1.29 is 0 Å². The third-order valence-corrected chi connectivity index (χ3v) is 12.1. The maximum Gasteiger partial charge on any atom is 0.164 e. The van der Waals surface area contributed by atoms with Gasteiger partial charge in [-0.25, -0.2) is 24.9 Å². The lowest BCUT2D eigenvalue weighted by Crippen LogP contribution is -2.00. The van der Waals surface area contributed by atoms with Crippen molar-refractivity contribution >= 4 is 31.5 Å². The normalized spacial score (nSPS) is 11.3. The Hall–Kier alpha value is -7.93. The predicted molar refractivity (Wildman–Crippen MR) is 252 cm³/mol. The van der Waals surface area contributed by atoms with Gasteiger partial charge >= 0.3 is 0 Å². The van der Waals surface area contributed by atoms with Gasteiger partial charge in [-0.1, -0.05) is 182 Å². The first-order valence-corrected chi connectivity index (χ1v) is 21.1. The second-order valence-electron chi connectivity index (χ2n) is 14.9. The second kappa shape index (κ2) is 15.7. The standard InChI is InChI=1S/C55H35N5S/c1-5-17-36(18-6-1)46-35-47(37-19-7-2-8-20-37)57-54(56-46)42-27-15-25-40(33-42)44-31-32-49-51(45-29-13-14-30-48(45)61-49)50(44)41-26-16-28-43(34-41)55-59-52(38-21-9-3-10-22-38)58-53(60-55)39-23-11-4-12-24-39/h1-35H. The Labute approximate surface area is 357 Å². The van der Waals surface area contributed by atoms with E-state index >= 15 is 0 Å². The minimum atomic E-state index is 0.616. The zero-order chi connectivity index (χ0) is 40.5. The van der Waals surface area contributed by atoms with Crippen LogP contribution >= 0.6 is 11.3 Å². The van der Waals surface area contributed by atoms with Gasteiger partial charge in [-0.3, -0.25) is 0 Å². The van der Waals surface area contributed by atoms with Crippen LogP contribution in [0.2, 0.25) is 0 Å². The predicted octanol–water partition coefficient (Wildman–Crippen LogP) is 14.4. The molecule has 0 spiro atoms. The Morgan fingerprint density at radius 2 is 0.705 bits per heavy atom. The summed E-state index contributed by atoms with van der Waals surface area (Å²) in [6.45, 7) is 0. The molecule has 0 amide bonds. The minimum Gasteiger partial charge on any atom is -0.228 e. The number of rotatable bonds is 8. The molecule has 5 nitrogen and oxygen atoms in total. The fourth-order valence-electron chi connectivity index (χ4n) is 8.02. The van der Waals surface area contributed by atoms with E-state index in [9.17, 15) is 0 Å². The van der Waals surface area contributed by atoms with Crippen LogP contribution in [-0.4, -0.2) is 24.9 Å². The van der Waals surface area contributed by atoms with Gasteiger partial charge in [0.25, 0.3) is 0 Å². The number of benzene rings is 8. The molecule has 0 saturated heterocycles. The van der Waals surface area contributed by atoms with Gasteiger partial charge in [0.2, 0.25) is 0 Å². The summed E-state index contributed by atoms with van der Waals surface area (Å²) in [4.78, 5) is 25.5. The first-order valence-electron chi connectivity index (χ1n) is 20.2. The molecule has 11 rings (SSSR count). The van der Waals surface area contributed by atoms with Gasteiger partial charge in [-0.05, 0) is 52.6 Å². The molecule has 0 bridgehead atoms. The highest BCUT2D eigenvalue weighted by Gasteiger charge is 2.20. The molecule has 0 aliphatic carbocycles. The topological polar surface area (TPSA) is 64.5 Å². The third-order valence-electron chi connectivity index (χ3n) is 10.9. The van der Waals surface area contributed by atoms with Crippen molar-refractivity contribution in [1.82, 2.24) is 24.9 Å². The Morgan fingerprint density at radius 3 is 1.28 bits per heavy atom. The number of thiophene rings is 1. The lowest BCUT2D eigenvalue weighted by Gasteiger charge is -2.15. The summed E-state index contributed by atoms with van der Waals surface area (Å²) in [7, 11) is 0. The number of aromatic nitrogens is 5. The monoisotopic (exact) mass is 797 g/mol. The zero-order valence-corrected chi connectivity index (χ0v) is 33.7. The largest absolute Gasteiger partial charge is 0.228 e. The number of fused-ring (bicyclic) bond motifs is 3.